The third-order valence-corrected chi connectivity index (χ3v) is 5.33. The lowest BCUT2D eigenvalue weighted by Gasteiger charge is -2.23. The Morgan fingerprint density at radius 3 is 2.74 bits per heavy atom. The summed E-state index contributed by atoms with van der Waals surface area (Å²) in [5.74, 6) is 0.516. The van der Waals surface area contributed by atoms with Crippen molar-refractivity contribution in [2.75, 3.05) is 6.54 Å². The number of aryl methyl sites for hydroxylation is 1. The van der Waals surface area contributed by atoms with Gasteiger partial charge in [-0.25, -0.2) is 4.98 Å². The Morgan fingerprint density at radius 2 is 2.09 bits per heavy atom. The number of thiazole rings is 1. The van der Waals surface area contributed by atoms with Gasteiger partial charge in [-0.15, -0.1) is 11.3 Å². The second-order valence-electron chi connectivity index (χ2n) is 6.75. The molecule has 0 aromatic carbocycles. The molecule has 2 amide bonds. The fraction of sp³-hybridized carbons (Fsp3) is 0.706. The molecule has 0 unspecified atom stereocenters. The van der Waals surface area contributed by atoms with Gasteiger partial charge in [-0.1, -0.05) is 27.7 Å². The molecular formula is C17H27N3O2S. The van der Waals surface area contributed by atoms with Gasteiger partial charge in [0, 0.05) is 29.8 Å². The van der Waals surface area contributed by atoms with Gasteiger partial charge in [0.15, 0.2) is 5.01 Å². The summed E-state index contributed by atoms with van der Waals surface area (Å²) < 4.78 is 0. The molecule has 1 aliphatic rings. The molecule has 0 saturated carbocycles. The zero-order valence-electron chi connectivity index (χ0n) is 14.4. The van der Waals surface area contributed by atoms with Gasteiger partial charge in [0.05, 0.1) is 5.69 Å². The number of nitrogens with one attached hydrogen (secondary N) is 2. The van der Waals surface area contributed by atoms with Crippen molar-refractivity contribution >= 4 is 23.2 Å². The zero-order valence-corrected chi connectivity index (χ0v) is 15.3. The van der Waals surface area contributed by atoms with Gasteiger partial charge in [0.2, 0.25) is 5.91 Å². The van der Waals surface area contributed by atoms with E-state index in [9.17, 15) is 9.59 Å². The Kier molecular flexibility index (Phi) is 6.16. The second-order valence-corrected chi connectivity index (χ2v) is 7.83. The summed E-state index contributed by atoms with van der Waals surface area (Å²) in [7, 11) is 0. The monoisotopic (exact) mass is 337 g/mol. The van der Waals surface area contributed by atoms with Crippen molar-refractivity contribution in [3.05, 3.63) is 15.6 Å². The number of amides is 2. The number of rotatable bonds is 6. The molecule has 0 bridgehead atoms. The Hall–Kier alpha value is -1.43. The molecule has 0 aliphatic heterocycles. The molecule has 1 aromatic rings. The summed E-state index contributed by atoms with van der Waals surface area (Å²) in [6, 6.07) is 0.163. The fourth-order valence-electron chi connectivity index (χ4n) is 2.50. The fourth-order valence-corrected chi connectivity index (χ4v) is 3.60. The molecule has 2 atom stereocenters. The van der Waals surface area contributed by atoms with Crippen LogP contribution in [-0.2, 0) is 17.6 Å². The van der Waals surface area contributed by atoms with Gasteiger partial charge in [-0.05, 0) is 25.2 Å². The second kappa shape index (κ2) is 7.90. The normalized spacial score (nSPS) is 18.4. The molecule has 6 heteroatoms. The quantitative estimate of drug-likeness (QED) is 0.838. The van der Waals surface area contributed by atoms with E-state index in [4.69, 9.17) is 0 Å². The van der Waals surface area contributed by atoms with Gasteiger partial charge in [-0.2, -0.15) is 0 Å². The molecule has 0 radical (unpaired) electrons. The van der Waals surface area contributed by atoms with E-state index in [-0.39, 0.29) is 23.8 Å². The van der Waals surface area contributed by atoms with Gasteiger partial charge >= 0.3 is 0 Å². The van der Waals surface area contributed by atoms with Crippen molar-refractivity contribution in [1.82, 2.24) is 15.6 Å². The Balaban J connectivity index is 1.96. The largest absolute Gasteiger partial charge is 0.353 e. The van der Waals surface area contributed by atoms with E-state index in [0.717, 1.165) is 36.3 Å². The van der Waals surface area contributed by atoms with E-state index < -0.39 is 0 Å². The molecule has 5 nitrogen and oxygen atoms in total. The van der Waals surface area contributed by atoms with Crippen LogP contribution in [0.5, 0.6) is 0 Å². The van der Waals surface area contributed by atoms with Crippen LogP contribution >= 0.6 is 11.3 Å². The van der Waals surface area contributed by atoms with Crippen LogP contribution in [0.25, 0.3) is 0 Å². The van der Waals surface area contributed by atoms with Crippen LogP contribution < -0.4 is 10.6 Å². The summed E-state index contributed by atoms with van der Waals surface area (Å²) in [6.07, 6.45) is 3.36. The number of aromatic nitrogens is 1. The van der Waals surface area contributed by atoms with E-state index in [0.29, 0.717) is 17.5 Å². The van der Waals surface area contributed by atoms with E-state index in [1.807, 2.05) is 13.8 Å². The molecule has 0 saturated heterocycles. The Labute approximate surface area is 142 Å². The number of carbonyl (C=O) groups is 2. The van der Waals surface area contributed by atoms with Crippen molar-refractivity contribution in [2.24, 2.45) is 11.8 Å². The summed E-state index contributed by atoms with van der Waals surface area (Å²) in [5, 5.41) is 6.59. The summed E-state index contributed by atoms with van der Waals surface area (Å²) in [5.41, 5.74) is 1.03. The number of carbonyl (C=O) groups excluding carboxylic acids is 2. The molecule has 2 rings (SSSR count). The summed E-state index contributed by atoms with van der Waals surface area (Å²) >= 11 is 1.47. The highest BCUT2D eigenvalue weighted by Crippen LogP contribution is 2.27. The molecule has 23 heavy (non-hydrogen) atoms. The highest BCUT2D eigenvalue weighted by molar-refractivity contribution is 7.13. The first-order chi connectivity index (χ1) is 10.9. The Bertz CT molecular complexity index is 568. The highest BCUT2D eigenvalue weighted by Gasteiger charge is 2.26. The van der Waals surface area contributed by atoms with Crippen molar-refractivity contribution in [3.8, 4) is 0 Å². The van der Waals surface area contributed by atoms with Crippen LogP contribution in [0.1, 0.15) is 60.9 Å². The van der Waals surface area contributed by atoms with E-state index >= 15 is 0 Å². The minimum atomic E-state index is -0.0849. The van der Waals surface area contributed by atoms with E-state index in [1.165, 1.54) is 11.3 Å². The van der Waals surface area contributed by atoms with Crippen LogP contribution in [0.4, 0.5) is 0 Å². The minimum Gasteiger partial charge on any atom is -0.353 e. The molecular weight excluding hydrogens is 310 g/mol. The molecule has 1 aliphatic carbocycles. The predicted octanol–water partition coefficient (Wildman–Crippen LogP) is 2.55. The zero-order chi connectivity index (χ0) is 17.0. The van der Waals surface area contributed by atoms with Gasteiger partial charge < -0.3 is 10.6 Å². The predicted molar refractivity (Wildman–Crippen MR) is 92.7 cm³/mol. The van der Waals surface area contributed by atoms with Crippen molar-refractivity contribution < 1.29 is 9.59 Å². The van der Waals surface area contributed by atoms with Crippen molar-refractivity contribution in [2.45, 2.75) is 59.4 Å². The standard InChI is InChI=1S/C17H27N3O2S/c1-5-11(4)15(21)19-12-6-7-13-14(8-12)23-17(20-13)16(22)18-9-10(2)3/h10-12H,5-9H2,1-4H3,(H,18,22)(H,19,21)/t11-,12-/m1/s1. The van der Waals surface area contributed by atoms with Gasteiger partial charge in [0.1, 0.15) is 0 Å². The summed E-state index contributed by atoms with van der Waals surface area (Å²) in [4.78, 5) is 29.8. The first kappa shape index (κ1) is 17.9. The van der Waals surface area contributed by atoms with Crippen molar-refractivity contribution in [1.29, 1.82) is 0 Å². The van der Waals surface area contributed by atoms with Crippen LogP contribution in [0.15, 0.2) is 0 Å². The maximum atomic E-state index is 12.1. The first-order valence-electron chi connectivity index (χ1n) is 8.47. The summed E-state index contributed by atoms with van der Waals surface area (Å²) in [6.45, 7) is 8.77. The maximum absolute atomic E-state index is 12.1. The lowest BCUT2D eigenvalue weighted by Crippen LogP contribution is -2.41. The lowest BCUT2D eigenvalue weighted by molar-refractivity contribution is -0.125. The number of hydrogen-bond donors (Lipinski definition) is 2. The third kappa shape index (κ3) is 4.77. The molecule has 128 valence electrons. The minimum absolute atomic E-state index is 0.0511. The average molecular weight is 337 g/mol. The third-order valence-electron chi connectivity index (χ3n) is 4.21. The van der Waals surface area contributed by atoms with E-state index in [1.54, 1.807) is 0 Å². The van der Waals surface area contributed by atoms with Crippen LogP contribution in [-0.4, -0.2) is 29.4 Å². The molecule has 2 N–H and O–H groups in total. The SMILES string of the molecule is CC[C@@H](C)C(=O)N[C@@H]1CCc2nc(C(=O)NCC(C)C)sc2C1. The van der Waals surface area contributed by atoms with Crippen LogP contribution in [0.3, 0.4) is 0 Å². The van der Waals surface area contributed by atoms with Crippen LogP contribution in [0, 0.1) is 11.8 Å². The molecule has 0 spiro atoms. The topological polar surface area (TPSA) is 71.1 Å². The number of fused-ring (bicyclic) bond motifs is 1. The molecule has 0 fully saturated rings. The lowest BCUT2D eigenvalue weighted by atomic mass is 9.96. The van der Waals surface area contributed by atoms with E-state index in [2.05, 4.69) is 29.5 Å². The number of hydrogen-bond acceptors (Lipinski definition) is 4. The Morgan fingerprint density at radius 1 is 1.35 bits per heavy atom. The highest BCUT2D eigenvalue weighted by atomic mass is 32.1. The molecule has 1 heterocycles. The van der Waals surface area contributed by atoms with Gasteiger partial charge in [0.25, 0.3) is 5.91 Å². The molecule has 1 aromatic heterocycles. The maximum Gasteiger partial charge on any atom is 0.280 e. The van der Waals surface area contributed by atoms with Crippen molar-refractivity contribution in [3.63, 3.8) is 0 Å². The number of nitrogens with zero attached hydrogens (tertiary/aromatic N) is 1. The van der Waals surface area contributed by atoms with Crippen LogP contribution in [0.2, 0.25) is 0 Å². The first-order valence-corrected chi connectivity index (χ1v) is 9.29. The average Bonchev–Trinajstić information content (AvgIpc) is 2.94. The van der Waals surface area contributed by atoms with Gasteiger partial charge in [-0.3, -0.25) is 9.59 Å². The smallest absolute Gasteiger partial charge is 0.280 e.